The van der Waals surface area contributed by atoms with E-state index in [1.165, 1.54) is 0 Å². The van der Waals surface area contributed by atoms with Gasteiger partial charge in [-0.3, -0.25) is 4.79 Å². The minimum atomic E-state index is 0.0897. The number of carbonyl (C=O) groups excluding carboxylic acids is 1. The Balaban J connectivity index is 3.40. The van der Waals surface area contributed by atoms with E-state index in [2.05, 4.69) is 0 Å². The highest BCUT2D eigenvalue weighted by Crippen LogP contribution is 1.85. The minimum absolute atomic E-state index is 0.0897. The van der Waals surface area contributed by atoms with E-state index in [0.29, 0.717) is 6.29 Å². The van der Waals surface area contributed by atoms with Crippen LogP contribution in [0.2, 0.25) is 0 Å². The first-order chi connectivity index (χ1) is 3.81. The zero-order valence-corrected chi connectivity index (χ0v) is 4.48. The smallest absolute Gasteiger partial charge is 0.142 e. The number of hydrogen-bond donors (Lipinski definition) is 0. The number of allylic oxidation sites excluding steroid dienone is 2. The monoisotopic (exact) mass is 99.1 g/mol. The fourth-order valence-corrected chi connectivity index (χ4v) is 0.276. The molecule has 0 heterocycles. The highest BCUT2D eigenvalue weighted by Gasteiger charge is 1.67. The molecule has 0 aromatic rings. The van der Waals surface area contributed by atoms with Crippen LogP contribution in [0, 0.1) is 0 Å². The number of rotatable bonds is 3. The van der Waals surface area contributed by atoms with Crippen LogP contribution < -0.4 is 0 Å². The molecule has 0 aromatic carbocycles. The van der Waals surface area contributed by atoms with Gasteiger partial charge >= 0.3 is 0 Å². The van der Waals surface area contributed by atoms with Gasteiger partial charge in [-0.1, -0.05) is 19.4 Å². The second-order valence-corrected chi connectivity index (χ2v) is 1.28. The molecule has 0 spiro atoms. The summed E-state index contributed by atoms with van der Waals surface area (Å²) in [6, 6.07) is 0.0897. The van der Waals surface area contributed by atoms with Gasteiger partial charge < -0.3 is 0 Å². The van der Waals surface area contributed by atoms with E-state index in [1.807, 2.05) is 6.92 Å². The van der Waals surface area contributed by atoms with E-state index in [1.54, 1.807) is 6.08 Å². The molecule has 0 aromatic heterocycles. The lowest BCUT2D eigenvalue weighted by Gasteiger charge is -1.76. The predicted octanol–water partition coefficient (Wildman–Crippen LogP) is 1.54. The molecule has 0 amide bonds. The first-order valence-corrected chi connectivity index (χ1v) is 2.43. The van der Waals surface area contributed by atoms with Crippen molar-refractivity contribution in [2.24, 2.45) is 0 Å². The third-order valence-corrected chi connectivity index (χ3v) is 0.619. The zero-order valence-electron chi connectivity index (χ0n) is 5.48. The molecule has 1 heteroatoms. The van der Waals surface area contributed by atoms with E-state index in [4.69, 9.17) is 1.37 Å². The van der Waals surface area contributed by atoms with Crippen LogP contribution in [0.4, 0.5) is 0 Å². The molecule has 0 saturated heterocycles. The molecule has 0 unspecified atom stereocenters. The Morgan fingerprint density at radius 1 is 1.86 bits per heavy atom. The molecular weight excluding hydrogens is 88.1 g/mol. The molecular formula is C6H10O. The third-order valence-electron chi connectivity index (χ3n) is 0.619. The van der Waals surface area contributed by atoms with Crippen molar-refractivity contribution in [1.82, 2.24) is 0 Å². The maximum Gasteiger partial charge on any atom is 0.142 e. The molecule has 0 bridgehead atoms. The van der Waals surface area contributed by atoms with E-state index in [0.717, 1.165) is 12.8 Å². The molecule has 1 nitrogen and oxygen atoms in total. The molecule has 0 rings (SSSR count). The van der Waals surface area contributed by atoms with Crippen LogP contribution in [0.25, 0.3) is 0 Å². The second-order valence-electron chi connectivity index (χ2n) is 1.28. The minimum Gasteiger partial charge on any atom is -0.299 e. The third kappa shape index (κ3) is 5.41. The Kier molecular flexibility index (Phi) is 3.53. The van der Waals surface area contributed by atoms with E-state index in [9.17, 15) is 4.79 Å². The topological polar surface area (TPSA) is 17.1 Å². The average Bonchev–Trinajstić information content (AvgIpc) is 1.83. The number of hydrogen-bond acceptors (Lipinski definition) is 1. The molecule has 0 aliphatic heterocycles. The van der Waals surface area contributed by atoms with Gasteiger partial charge in [-0.25, -0.2) is 0 Å². The molecule has 0 saturated carbocycles. The molecule has 0 aliphatic carbocycles. The average molecular weight is 99.2 g/mol. The van der Waals surface area contributed by atoms with Crippen molar-refractivity contribution in [3.05, 3.63) is 12.1 Å². The fourth-order valence-electron chi connectivity index (χ4n) is 0.276. The van der Waals surface area contributed by atoms with Gasteiger partial charge in [-0.05, 0) is 12.5 Å². The van der Waals surface area contributed by atoms with Crippen molar-refractivity contribution in [3.8, 4) is 0 Å². The summed E-state index contributed by atoms with van der Waals surface area (Å²) < 4.78 is 6.82. The molecule has 0 fully saturated rings. The quantitative estimate of drug-likeness (QED) is 0.387. The lowest BCUT2D eigenvalue weighted by atomic mass is 10.3. The van der Waals surface area contributed by atoms with Crippen molar-refractivity contribution < 1.29 is 6.17 Å². The van der Waals surface area contributed by atoms with Crippen LogP contribution in [0.1, 0.15) is 21.1 Å². The van der Waals surface area contributed by atoms with E-state index >= 15 is 0 Å². The highest BCUT2D eigenvalue weighted by molar-refractivity contribution is 5.64. The lowest BCUT2D eigenvalue weighted by molar-refractivity contribution is -0.104. The first-order valence-electron chi connectivity index (χ1n) is 2.93. The van der Waals surface area contributed by atoms with Crippen LogP contribution in [-0.2, 0) is 4.79 Å². The summed E-state index contributed by atoms with van der Waals surface area (Å²) in [6.07, 6.45) is 4.00. The Labute approximate surface area is 45.4 Å². The molecule has 7 heavy (non-hydrogen) atoms. The number of carbonyl (C=O) groups is 1. The van der Waals surface area contributed by atoms with Crippen molar-refractivity contribution in [2.75, 3.05) is 0 Å². The van der Waals surface area contributed by atoms with Crippen LogP contribution >= 0.6 is 0 Å². The number of aldehydes is 1. The van der Waals surface area contributed by atoms with Gasteiger partial charge in [0.1, 0.15) is 6.29 Å². The standard InChI is InChI=1S/C6H10O/c1-2-3-4-5-6-7/h4-6H,2-3H2,1H3/i5D. The van der Waals surface area contributed by atoms with E-state index < -0.39 is 0 Å². The van der Waals surface area contributed by atoms with Crippen molar-refractivity contribution >= 4 is 6.29 Å². The summed E-state index contributed by atoms with van der Waals surface area (Å²) in [7, 11) is 0. The Hall–Kier alpha value is -0.590. The van der Waals surface area contributed by atoms with Gasteiger partial charge in [0.2, 0.25) is 0 Å². The van der Waals surface area contributed by atoms with Crippen molar-refractivity contribution in [3.63, 3.8) is 0 Å². The Bertz CT molecular complexity index is 96.7. The van der Waals surface area contributed by atoms with Crippen LogP contribution in [-0.4, -0.2) is 6.29 Å². The predicted molar refractivity (Wildman–Crippen MR) is 30.1 cm³/mol. The van der Waals surface area contributed by atoms with Gasteiger partial charge in [-0.15, -0.1) is 0 Å². The van der Waals surface area contributed by atoms with Gasteiger partial charge in [0, 0.05) is 0 Å². The second kappa shape index (κ2) is 5.41. The first kappa shape index (κ1) is 4.57. The summed E-state index contributed by atoms with van der Waals surface area (Å²) in [5.41, 5.74) is 0. The largest absolute Gasteiger partial charge is 0.299 e. The zero-order chi connectivity index (χ0) is 6.41. The summed E-state index contributed by atoms with van der Waals surface area (Å²) in [4.78, 5) is 9.75. The molecule has 0 aliphatic rings. The van der Waals surface area contributed by atoms with Crippen LogP contribution in [0.5, 0.6) is 0 Å². The van der Waals surface area contributed by atoms with Gasteiger partial charge in [0.05, 0.1) is 1.37 Å². The maximum absolute atomic E-state index is 9.75. The van der Waals surface area contributed by atoms with E-state index in [-0.39, 0.29) is 6.05 Å². The Morgan fingerprint density at radius 2 is 2.57 bits per heavy atom. The van der Waals surface area contributed by atoms with Gasteiger partial charge in [0.25, 0.3) is 0 Å². The fraction of sp³-hybridized carbons (Fsp3) is 0.500. The van der Waals surface area contributed by atoms with Crippen molar-refractivity contribution in [1.29, 1.82) is 0 Å². The summed E-state index contributed by atoms with van der Waals surface area (Å²) in [6.45, 7) is 2.01. The lowest BCUT2D eigenvalue weighted by Crippen LogP contribution is -1.61. The van der Waals surface area contributed by atoms with Crippen molar-refractivity contribution in [2.45, 2.75) is 19.8 Å². The molecule has 0 radical (unpaired) electrons. The molecule has 0 atom stereocenters. The van der Waals surface area contributed by atoms with Crippen LogP contribution in [0.3, 0.4) is 0 Å². The molecule has 40 valence electrons. The number of unbranched alkanes of at least 4 members (excludes halogenated alkanes) is 1. The SMILES string of the molecule is [2H]C(C=O)=CCCC. The van der Waals surface area contributed by atoms with Gasteiger partial charge in [-0.2, -0.15) is 0 Å². The van der Waals surface area contributed by atoms with Gasteiger partial charge in [0.15, 0.2) is 0 Å². The normalized spacial score (nSPS) is 13.3. The molecule has 0 N–H and O–H groups in total. The Morgan fingerprint density at radius 3 is 3.00 bits per heavy atom. The summed E-state index contributed by atoms with van der Waals surface area (Å²) >= 11 is 0. The summed E-state index contributed by atoms with van der Waals surface area (Å²) in [5.74, 6) is 0. The summed E-state index contributed by atoms with van der Waals surface area (Å²) in [5, 5.41) is 0. The van der Waals surface area contributed by atoms with Crippen LogP contribution in [0.15, 0.2) is 12.1 Å². The maximum atomic E-state index is 9.75. The highest BCUT2D eigenvalue weighted by atomic mass is 16.1.